The maximum Gasteiger partial charge on any atom is 0.260 e. The molecule has 0 saturated heterocycles. The number of nitrogens with one attached hydrogen (secondary N) is 1. The van der Waals surface area contributed by atoms with E-state index in [0.717, 1.165) is 10.4 Å². The number of thiophene rings is 1. The molecule has 0 amide bonds. The molecule has 3 heterocycles. The van der Waals surface area contributed by atoms with E-state index in [1.807, 2.05) is 6.92 Å². The lowest BCUT2D eigenvalue weighted by molar-refractivity contribution is 0.577. The van der Waals surface area contributed by atoms with Gasteiger partial charge in [0.2, 0.25) is 0 Å². The van der Waals surface area contributed by atoms with Gasteiger partial charge >= 0.3 is 0 Å². The van der Waals surface area contributed by atoms with Crippen molar-refractivity contribution in [3.8, 4) is 11.6 Å². The average molecular weight is 261 g/mol. The summed E-state index contributed by atoms with van der Waals surface area (Å²) in [6.45, 7) is 2.31. The van der Waals surface area contributed by atoms with Crippen molar-refractivity contribution in [1.29, 1.82) is 0 Å². The number of furan rings is 1. The molecule has 6 heteroatoms. The SMILES string of the molecule is Cc1c(CN)sc2nc(-c3ccco3)[nH]c(=O)c12. The van der Waals surface area contributed by atoms with Gasteiger partial charge in [-0.25, -0.2) is 4.98 Å². The minimum Gasteiger partial charge on any atom is -0.461 e. The number of H-pyrrole nitrogens is 1. The molecule has 0 aliphatic rings. The van der Waals surface area contributed by atoms with Gasteiger partial charge in [-0.2, -0.15) is 0 Å². The second-order valence-corrected chi connectivity index (χ2v) is 5.01. The molecular weight excluding hydrogens is 250 g/mol. The predicted octanol–water partition coefficient (Wildman–Crippen LogP) is 2.01. The molecule has 0 saturated carbocycles. The zero-order chi connectivity index (χ0) is 12.7. The number of fused-ring (bicyclic) bond motifs is 1. The number of aromatic nitrogens is 2. The van der Waals surface area contributed by atoms with Gasteiger partial charge in [-0.15, -0.1) is 11.3 Å². The topological polar surface area (TPSA) is 84.9 Å². The Kier molecular flexibility index (Phi) is 2.53. The standard InChI is InChI=1S/C12H11N3O2S/c1-6-8(5-13)18-12-9(6)11(16)14-10(15-12)7-3-2-4-17-7/h2-4H,5,13H2,1H3,(H,14,15,16). The van der Waals surface area contributed by atoms with Crippen molar-refractivity contribution in [2.45, 2.75) is 13.5 Å². The normalized spacial score (nSPS) is 11.2. The number of aryl methyl sites for hydroxylation is 1. The molecule has 3 aromatic heterocycles. The summed E-state index contributed by atoms with van der Waals surface area (Å²) in [7, 11) is 0. The number of aromatic amines is 1. The second-order valence-electron chi connectivity index (χ2n) is 3.93. The molecule has 3 N–H and O–H groups in total. The summed E-state index contributed by atoms with van der Waals surface area (Å²) in [5, 5.41) is 0.621. The van der Waals surface area contributed by atoms with Gasteiger partial charge < -0.3 is 15.1 Å². The lowest BCUT2D eigenvalue weighted by Crippen LogP contribution is -2.09. The zero-order valence-corrected chi connectivity index (χ0v) is 10.5. The first-order chi connectivity index (χ1) is 8.70. The summed E-state index contributed by atoms with van der Waals surface area (Å²) in [5.74, 6) is 0.997. The van der Waals surface area contributed by atoms with Gasteiger partial charge in [0, 0.05) is 11.4 Å². The fourth-order valence-corrected chi connectivity index (χ4v) is 2.97. The Hall–Kier alpha value is -1.92. The third kappa shape index (κ3) is 1.58. The smallest absolute Gasteiger partial charge is 0.260 e. The van der Waals surface area contributed by atoms with Crippen LogP contribution in [0.5, 0.6) is 0 Å². The Morgan fingerprint density at radius 3 is 3.06 bits per heavy atom. The third-order valence-corrected chi connectivity index (χ3v) is 4.05. The van der Waals surface area contributed by atoms with Crippen molar-refractivity contribution < 1.29 is 4.42 Å². The van der Waals surface area contributed by atoms with Crippen molar-refractivity contribution in [1.82, 2.24) is 9.97 Å². The van der Waals surface area contributed by atoms with Crippen LogP contribution in [0.3, 0.4) is 0 Å². The maximum atomic E-state index is 12.1. The molecule has 0 radical (unpaired) electrons. The fraction of sp³-hybridized carbons (Fsp3) is 0.167. The number of nitrogens with zero attached hydrogens (tertiary/aromatic N) is 1. The summed E-state index contributed by atoms with van der Waals surface area (Å²) in [4.78, 5) is 20.9. The van der Waals surface area contributed by atoms with Crippen LogP contribution in [0.25, 0.3) is 21.8 Å². The van der Waals surface area contributed by atoms with E-state index in [1.165, 1.54) is 11.3 Å². The Morgan fingerprint density at radius 1 is 1.56 bits per heavy atom. The highest BCUT2D eigenvalue weighted by atomic mass is 32.1. The highest BCUT2D eigenvalue weighted by molar-refractivity contribution is 7.18. The first kappa shape index (κ1) is 11.2. The lowest BCUT2D eigenvalue weighted by atomic mass is 10.2. The number of rotatable bonds is 2. The molecular formula is C12H11N3O2S. The van der Waals surface area contributed by atoms with Gasteiger partial charge in [0.1, 0.15) is 4.83 Å². The van der Waals surface area contributed by atoms with Gasteiger partial charge in [0.05, 0.1) is 11.6 Å². The van der Waals surface area contributed by atoms with E-state index in [9.17, 15) is 4.79 Å². The first-order valence-electron chi connectivity index (χ1n) is 5.47. The van der Waals surface area contributed by atoms with Crippen LogP contribution in [0, 0.1) is 6.92 Å². The van der Waals surface area contributed by atoms with Crippen LogP contribution >= 0.6 is 11.3 Å². The molecule has 92 valence electrons. The van der Waals surface area contributed by atoms with Crippen molar-refractivity contribution in [2.75, 3.05) is 0 Å². The van der Waals surface area contributed by atoms with Gasteiger partial charge in [0.25, 0.3) is 5.56 Å². The van der Waals surface area contributed by atoms with Gasteiger partial charge in [-0.3, -0.25) is 4.79 Å². The maximum absolute atomic E-state index is 12.1. The van der Waals surface area contributed by atoms with Gasteiger partial charge in [0.15, 0.2) is 11.6 Å². The summed E-state index contributed by atoms with van der Waals surface area (Å²) < 4.78 is 5.23. The number of nitrogens with two attached hydrogens (primary N) is 1. The van der Waals surface area contributed by atoms with Crippen LogP contribution in [0.4, 0.5) is 0 Å². The van der Waals surface area contributed by atoms with E-state index in [4.69, 9.17) is 10.2 Å². The van der Waals surface area contributed by atoms with Crippen LogP contribution < -0.4 is 11.3 Å². The van der Waals surface area contributed by atoms with Gasteiger partial charge in [-0.05, 0) is 24.6 Å². The molecule has 0 aliphatic heterocycles. The van der Waals surface area contributed by atoms with Crippen molar-refractivity contribution >= 4 is 21.6 Å². The molecule has 0 aromatic carbocycles. The molecule has 0 fully saturated rings. The molecule has 3 rings (SSSR count). The molecule has 0 bridgehead atoms. The first-order valence-corrected chi connectivity index (χ1v) is 6.28. The minimum atomic E-state index is -0.153. The van der Waals surface area contributed by atoms with Crippen LogP contribution in [-0.2, 0) is 6.54 Å². The summed E-state index contributed by atoms with van der Waals surface area (Å²) in [5.41, 5.74) is 6.41. The molecule has 0 atom stereocenters. The quantitative estimate of drug-likeness (QED) is 0.739. The molecule has 0 unspecified atom stereocenters. The molecule has 3 aromatic rings. The zero-order valence-electron chi connectivity index (χ0n) is 9.69. The highest BCUT2D eigenvalue weighted by Gasteiger charge is 2.14. The molecule has 5 nitrogen and oxygen atoms in total. The Labute approximate surface area is 106 Å². The van der Waals surface area contributed by atoms with E-state index in [2.05, 4.69) is 9.97 Å². The molecule has 0 aliphatic carbocycles. The fourth-order valence-electron chi connectivity index (χ4n) is 1.91. The molecule has 0 spiro atoms. The van der Waals surface area contributed by atoms with Crippen molar-refractivity contribution in [2.24, 2.45) is 5.73 Å². The van der Waals surface area contributed by atoms with E-state index in [1.54, 1.807) is 18.4 Å². The Balaban J connectivity index is 2.32. The van der Waals surface area contributed by atoms with Crippen molar-refractivity contribution in [3.05, 3.63) is 39.2 Å². The van der Waals surface area contributed by atoms with Crippen LogP contribution in [0.2, 0.25) is 0 Å². The van der Waals surface area contributed by atoms with Crippen LogP contribution in [-0.4, -0.2) is 9.97 Å². The molecule has 18 heavy (non-hydrogen) atoms. The average Bonchev–Trinajstić information content (AvgIpc) is 2.97. The Morgan fingerprint density at radius 2 is 2.39 bits per heavy atom. The second kappa shape index (κ2) is 4.08. The third-order valence-electron chi connectivity index (χ3n) is 2.84. The van der Waals surface area contributed by atoms with Crippen LogP contribution in [0.1, 0.15) is 10.4 Å². The van der Waals surface area contributed by atoms with E-state index < -0.39 is 0 Å². The van der Waals surface area contributed by atoms with E-state index in [0.29, 0.717) is 28.3 Å². The van der Waals surface area contributed by atoms with E-state index >= 15 is 0 Å². The largest absolute Gasteiger partial charge is 0.461 e. The number of hydrogen-bond acceptors (Lipinski definition) is 5. The lowest BCUT2D eigenvalue weighted by Gasteiger charge is -1.96. The summed E-state index contributed by atoms with van der Waals surface area (Å²) in [6, 6.07) is 3.51. The monoisotopic (exact) mass is 261 g/mol. The van der Waals surface area contributed by atoms with E-state index in [-0.39, 0.29) is 5.56 Å². The summed E-state index contributed by atoms with van der Waals surface area (Å²) in [6.07, 6.45) is 1.55. The van der Waals surface area contributed by atoms with Crippen LogP contribution in [0.15, 0.2) is 27.6 Å². The minimum absolute atomic E-state index is 0.153. The summed E-state index contributed by atoms with van der Waals surface area (Å²) >= 11 is 1.45. The Bertz CT molecular complexity index is 756. The number of hydrogen-bond donors (Lipinski definition) is 2. The van der Waals surface area contributed by atoms with Gasteiger partial charge in [-0.1, -0.05) is 0 Å². The predicted molar refractivity (Wildman–Crippen MR) is 70.6 cm³/mol. The van der Waals surface area contributed by atoms with Crippen molar-refractivity contribution in [3.63, 3.8) is 0 Å². The highest BCUT2D eigenvalue weighted by Crippen LogP contribution is 2.27.